The maximum absolute atomic E-state index is 4.42. The highest BCUT2D eigenvalue weighted by atomic mass is 15.3. The molecule has 1 saturated carbocycles. The van der Waals surface area contributed by atoms with E-state index in [9.17, 15) is 0 Å². The first-order valence-corrected chi connectivity index (χ1v) is 7.75. The molecule has 1 saturated heterocycles. The van der Waals surface area contributed by atoms with Crippen molar-refractivity contribution in [1.29, 1.82) is 0 Å². The summed E-state index contributed by atoms with van der Waals surface area (Å²) in [6, 6.07) is 8.14. The molecule has 0 bridgehead atoms. The largest absolute Gasteiger partial charge is 0.355 e. The predicted molar refractivity (Wildman–Crippen MR) is 81.9 cm³/mol. The van der Waals surface area contributed by atoms with E-state index >= 15 is 0 Å². The molecule has 2 fully saturated rings. The van der Waals surface area contributed by atoms with Crippen molar-refractivity contribution in [2.24, 2.45) is 0 Å². The van der Waals surface area contributed by atoms with E-state index in [1.54, 1.807) is 6.33 Å². The Bertz CT molecular complexity index is 831. The normalized spacial score (nSPS) is 18.6. The van der Waals surface area contributed by atoms with Gasteiger partial charge >= 0.3 is 0 Å². The van der Waals surface area contributed by atoms with E-state index in [1.165, 1.54) is 18.5 Å². The third kappa shape index (κ3) is 1.87. The molecule has 3 aromatic heterocycles. The number of anilines is 1. The Kier molecular flexibility index (Phi) is 2.47. The number of pyridine rings is 1. The van der Waals surface area contributed by atoms with Gasteiger partial charge in [-0.15, -0.1) is 10.2 Å². The Morgan fingerprint density at radius 3 is 2.77 bits per heavy atom. The molecule has 0 N–H and O–H groups in total. The van der Waals surface area contributed by atoms with Crippen molar-refractivity contribution in [3.8, 4) is 0 Å². The molecule has 0 atom stereocenters. The monoisotopic (exact) mass is 292 g/mol. The van der Waals surface area contributed by atoms with Gasteiger partial charge in [-0.25, -0.2) is 9.97 Å². The van der Waals surface area contributed by atoms with Gasteiger partial charge in [-0.1, -0.05) is 6.07 Å². The zero-order chi connectivity index (χ0) is 14.5. The van der Waals surface area contributed by atoms with E-state index < -0.39 is 0 Å². The lowest BCUT2D eigenvalue weighted by atomic mass is 9.99. The van der Waals surface area contributed by atoms with Crippen LogP contribution in [0.1, 0.15) is 36.2 Å². The summed E-state index contributed by atoms with van der Waals surface area (Å²) in [6.45, 7) is 1.88. The van der Waals surface area contributed by atoms with E-state index in [-0.39, 0.29) is 0 Å². The Morgan fingerprint density at radius 1 is 1.00 bits per heavy atom. The van der Waals surface area contributed by atoms with Gasteiger partial charge in [0, 0.05) is 37.0 Å². The minimum absolute atomic E-state index is 0.414. The average molecular weight is 292 g/mol. The summed E-state index contributed by atoms with van der Waals surface area (Å²) >= 11 is 0. The Labute approximate surface area is 127 Å². The fraction of sp³-hybridized carbons (Fsp3) is 0.375. The molecule has 5 rings (SSSR count). The van der Waals surface area contributed by atoms with Crippen LogP contribution in [-0.4, -0.2) is 37.7 Å². The minimum atomic E-state index is 0.414. The lowest BCUT2D eigenvalue weighted by molar-refractivity contribution is 0.492. The molecule has 110 valence electrons. The van der Waals surface area contributed by atoms with E-state index in [0.29, 0.717) is 11.8 Å². The number of fused-ring (bicyclic) bond motifs is 1. The molecule has 1 aliphatic carbocycles. The zero-order valence-corrected chi connectivity index (χ0v) is 12.1. The first-order valence-electron chi connectivity index (χ1n) is 7.75. The molecule has 0 unspecified atom stereocenters. The first kappa shape index (κ1) is 12.1. The third-order valence-electron chi connectivity index (χ3n) is 4.58. The second kappa shape index (κ2) is 4.50. The van der Waals surface area contributed by atoms with Crippen LogP contribution in [0.15, 0.2) is 36.8 Å². The molecule has 0 radical (unpaired) electrons. The number of hydrogen-bond donors (Lipinski definition) is 0. The molecule has 0 amide bonds. The minimum Gasteiger partial charge on any atom is -0.355 e. The summed E-state index contributed by atoms with van der Waals surface area (Å²) in [5.41, 5.74) is 2.11. The van der Waals surface area contributed by atoms with Crippen LogP contribution in [0.3, 0.4) is 0 Å². The van der Waals surface area contributed by atoms with Crippen LogP contribution >= 0.6 is 0 Å². The molecule has 1 aliphatic heterocycles. The maximum atomic E-state index is 4.42. The van der Waals surface area contributed by atoms with Crippen LogP contribution in [0.25, 0.3) is 5.65 Å². The van der Waals surface area contributed by atoms with Crippen molar-refractivity contribution in [2.45, 2.75) is 24.7 Å². The van der Waals surface area contributed by atoms with Crippen molar-refractivity contribution in [2.75, 3.05) is 18.0 Å². The molecule has 0 spiro atoms. The molecular weight excluding hydrogens is 276 g/mol. The van der Waals surface area contributed by atoms with Gasteiger partial charge in [-0.05, 0) is 25.0 Å². The first-order chi connectivity index (χ1) is 10.9. The van der Waals surface area contributed by atoms with E-state index in [1.807, 2.05) is 24.4 Å². The van der Waals surface area contributed by atoms with Crippen LogP contribution in [-0.2, 0) is 0 Å². The summed E-state index contributed by atoms with van der Waals surface area (Å²) in [6.07, 6.45) is 6.27. The maximum Gasteiger partial charge on any atom is 0.160 e. The molecule has 4 heterocycles. The van der Waals surface area contributed by atoms with Crippen LogP contribution < -0.4 is 4.90 Å². The quantitative estimate of drug-likeness (QED) is 0.739. The van der Waals surface area contributed by atoms with E-state index in [2.05, 4.69) is 35.5 Å². The molecule has 2 aliphatic rings. The van der Waals surface area contributed by atoms with Crippen LogP contribution in [0, 0.1) is 0 Å². The van der Waals surface area contributed by atoms with Crippen molar-refractivity contribution < 1.29 is 0 Å². The lowest BCUT2D eigenvalue weighted by Crippen LogP contribution is -2.46. The molecule has 0 aromatic carbocycles. The second-order valence-electron chi connectivity index (χ2n) is 6.16. The van der Waals surface area contributed by atoms with Crippen LogP contribution in [0.2, 0.25) is 0 Å². The molecule has 22 heavy (non-hydrogen) atoms. The summed E-state index contributed by atoms with van der Waals surface area (Å²) in [5.74, 6) is 3.17. The van der Waals surface area contributed by atoms with E-state index in [4.69, 9.17) is 0 Å². The molecule has 6 heteroatoms. The van der Waals surface area contributed by atoms with Crippen molar-refractivity contribution in [1.82, 2.24) is 24.6 Å². The SMILES string of the molecule is c1ccn2c(C3CN(c4cc(C5CC5)ncn4)C3)nnc2c1. The van der Waals surface area contributed by atoms with Gasteiger partial charge < -0.3 is 4.90 Å². The summed E-state index contributed by atoms with van der Waals surface area (Å²) < 4.78 is 2.08. The highest BCUT2D eigenvalue weighted by molar-refractivity contribution is 5.46. The van der Waals surface area contributed by atoms with Gasteiger partial charge in [0.15, 0.2) is 5.65 Å². The summed E-state index contributed by atoms with van der Waals surface area (Å²) in [5, 5.41) is 8.59. The zero-order valence-electron chi connectivity index (χ0n) is 12.1. The number of hydrogen-bond acceptors (Lipinski definition) is 5. The van der Waals surface area contributed by atoms with Crippen molar-refractivity contribution in [3.05, 3.63) is 48.3 Å². The summed E-state index contributed by atoms with van der Waals surface area (Å²) in [4.78, 5) is 11.1. The fourth-order valence-electron chi connectivity index (χ4n) is 3.10. The van der Waals surface area contributed by atoms with Crippen LogP contribution in [0.5, 0.6) is 0 Å². The van der Waals surface area contributed by atoms with Gasteiger partial charge in [-0.2, -0.15) is 0 Å². The summed E-state index contributed by atoms with van der Waals surface area (Å²) in [7, 11) is 0. The molecular formula is C16H16N6. The van der Waals surface area contributed by atoms with Crippen LogP contribution in [0.4, 0.5) is 5.82 Å². The highest BCUT2D eigenvalue weighted by Gasteiger charge is 2.33. The van der Waals surface area contributed by atoms with Gasteiger partial charge in [0.05, 0.1) is 5.92 Å². The third-order valence-corrected chi connectivity index (χ3v) is 4.58. The smallest absolute Gasteiger partial charge is 0.160 e. The standard InChI is InChI=1S/C16H16N6/c1-2-6-22-14(3-1)19-20-16(22)12-8-21(9-12)15-7-13(11-4-5-11)17-10-18-15/h1-3,6-7,10-12H,4-5,8-9H2. The number of nitrogens with zero attached hydrogens (tertiary/aromatic N) is 6. The molecule has 6 nitrogen and oxygen atoms in total. The lowest BCUT2D eigenvalue weighted by Gasteiger charge is -2.39. The van der Waals surface area contributed by atoms with Gasteiger partial charge in [-0.3, -0.25) is 4.40 Å². The van der Waals surface area contributed by atoms with Gasteiger partial charge in [0.1, 0.15) is 18.0 Å². The predicted octanol–water partition coefficient (Wildman–Crippen LogP) is 2.00. The van der Waals surface area contributed by atoms with Gasteiger partial charge in [0.2, 0.25) is 0 Å². The highest BCUT2D eigenvalue weighted by Crippen LogP contribution is 2.40. The Morgan fingerprint density at radius 2 is 1.91 bits per heavy atom. The number of aromatic nitrogens is 5. The fourth-order valence-corrected chi connectivity index (χ4v) is 3.10. The molecule has 3 aromatic rings. The topological polar surface area (TPSA) is 59.2 Å². The number of rotatable bonds is 3. The Balaban J connectivity index is 1.36. The van der Waals surface area contributed by atoms with Crippen molar-refractivity contribution >= 4 is 11.5 Å². The average Bonchev–Trinajstić information content (AvgIpc) is 3.28. The van der Waals surface area contributed by atoms with E-state index in [0.717, 1.165) is 30.4 Å². The van der Waals surface area contributed by atoms with Gasteiger partial charge in [0.25, 0.3) is 0 Å². The van der Waals surface area contributed by atoms with Crippen molar-refractivity contribution in [3.63, 3.8) is 0 Å². The second-order valence-corrected chi connectivity index (χ2v) is 6.16. The Hall–Kier alpha value is -2.50.